The van der Waals surface area contributed by atoms with Gasteiger partial charge >= 0.3 is 0 Å². The average molecular weight is 404 g/mol. The van der Waals surface area contributed by atoms with Crippen molar-refractivity contribution in [3.8, 4) is 5.75 Å². The Kier molecular flexibility index (Phi) is 5.67. The Morgan fingerprint density at radius 3 is 2.73 bits per heavy atom. The predicted octanol–water partition coefficient (Wildman–Crippen LogP) is 6.37. The molecule has 0 fully saturated rings. The van der Waals surface area contributed by atoms with Gasteiger partial charge in [-0.15, -0.1) is 0 Å². The highest BCUT2D eigenvalue weighted by Gasteiger charge is 2.20. The van der Waals surface area contributed by atoms with Crippen molar-refractivity contribution in [2.75, 3.05) is 11.9 Å². The molecular formula is C26H29NO3. The van der Waals surface area contributed by atoms with Crippen molar-refractivity contribution in [1.82, 2.24) is 0 Å². The molecule has 1 N–H and O–H groups in total. The Morgan fingerprint density at radius 2 is 1.97 bits per heavy atom. The van der Waals surface area contributed by atoms with Crippen LogP contribution in [-0.2, 0) is 17.6 Å². The van der Waals surface area contributed by atoms with Crippen molar-refractivity contribution in [2.45, 2.75) is 53.4 Å². The molecule has 0 saturated heterocycles. The van der Waals surface area contributed by atoms with Gasteiger partial charge < -0.3 is 14.5 Å². The summed E-state index contributed by atoms with van der Waals surface area (Å²) in [4.78, 5) is 12.7. The lowest BCUT2D eigenvalue weighted by atomic mass is 9.94. The molecule has 0 bridgehead atoms. The Hall–Kier alpha value is -3.01. The molecule has 4 nitrogen and oxygen atoms in total. The normalized spacial score (nSPS) is 13.9. The van der Waals surface area contributed by atoms with Crippen molar-refractivity contribution >= 4 is 28.1 Å². The Balaban J connectivity index is 1.68. The molecule has 0 radical (unpaired) electrons. The largest absolute Gasteiger partial charge is 0.493 e. The lowest BCUT2D eigenvalue weighted by Crippen LogP contribution is -2.10. The molecule has 4 rings (SSSR count). The van der Waals surface area contributed by atoms with Crippen molar-refractivity contribution in [2.24, 2.45) is 0 Å². The number of nitrogens with one attached hydrogen (secondary N) is 1. The number of anilines is 1. The lowest BCUT2D eigenvalue weighted by Gasteiger charge is -2.13. The van der Waals surface area contributed by atoms with Crippen LogP contribution in [0.3, 0.4) is 0 Å². The number of amides is 1. The van der Waals surface area contributed by atoms with Crippen LogP contribution in [0, 0.1) is 13.8 Å². The Bertz CT molecular complexity index is 1140. The van der Waals surface area contributed by atoms with Gasteiger partial charge in [-0.1, -0.05) is 17.7 Å². The third-order valence-electron chi connectivity index (χ3n) is 5.77. The van der Waals surface area contributed by atoms with Crippen LogP contribution in [-0.4, -0.2) is 12.5 Å². The molecule has 0 atom stereocenters. The highest BCUT2D eigenvalue weighted by molar-refractivity contribution is 6.05. The summed E-state index contributed by atoms with van der Waals surface area (Å²) in [6, 6.07) is 10.1. The zero-order chi connectivity index (χ0) is 21.3. The van der Waals surface area contributed by atoms with Crippen LogP contribution in [0.5, 0.6) is 5.75 Å². The first kappa shape index (κ1) is 20.3. The minimum Gasteiger partial charge on any atom is -0.493 e. The van der Waals surface area contributed by atoms with Gasteiger partial charge in [0.2, 0.25) is 5.91 Å². The third-order valence-corrected chi connectivity index (χ3v) is 5.77. The summed E-state index contributed by atoms with van der Waals surface area (Å²) in [6.07, 6.45) is 6.06. The van der Waals surface area contributed by atoms with E-state index in [2.05, 4.69) is 17.4 Å². The van der Waals surface area contributed by atoms with Gasteiger partial charge in [0.15, 0.2) is 0 Å². The summed E-state index contributed by atoms with van der Waals surface area (Å²) >= 11 is 0. The molecule has 1 aliphatic rings. The maximum absolute atomic E-state index is 12.7. The van der Waals surface area contributed by atoms with E-state index < -0.39 is 0 Å². The first-order valence-electron chi connectivity index (χ1n) is 10.7. The monoisotopic (exact) mass is 403 g/mol. The Morgan fingerprint density at radius 1 is 1.17 bits per heavy atom. The second-order valence-corrected chi connectivity index (χ2v) is 8.12. The quantitative estimate of drug-likeness (QED) is 0.504. The van der Waals surface area contributed by atoms with E-state index in [0.717, 1.165) is 57.7 Å². The number of furan rings is 1. The number of benzene rings is 2. The number of allylic oxidation sites excluding steroid dienone is 1. The molecule has 0 spiro atoms. The Labute approximate surface area is 177 Å². The van der Waals surface area contributed by atoms with Gasteiger partial charge in [-0.2, -0.15) is 0 Å². The molecule has 0 aliphatic heterocycles. The average Bonchev–Trinajstić information content (AvgIpc) is 3.07. The van der Waals surface area contributed by atoms with Gasteiger partial charge in [0.25, 0.3) is 0 Å². The van der Waals surface area contributed by atoms with E-state index in [1.54, 1.807) is 6.08 Å². The zero-order valence-corrected chi connectivity index (χ0v) is 18.2. The van der Waals surface area contributed by atoms with E-state index in [1.165, 1.54) is 24.0 Å². The minimum atomic E-state index is -0.142. The van der Waals surface area contributed by atoms with Crippen LogP contribution < -0.4 is 10.1 Å². The van der Waals surface area contributed by atoms with Crippen LogP contribution in [0.4, 0.5) is 5.69 Å². The molecular weight excluding hydrogens is 374 g/mol. The van der Waals surface area contributed by atoms with E-state index in [0.29, 0.717) is 6.61 Å². The highest BCUT2D eigenvalue weighted by atomic mass is 16.5. The number of hydrogen-bond donors (Lipinski definition) is 1. The topological polar surface area (TPSA) is 51.5 Å². The number of aryl methyl sites for hydroxylation is 4. The summed E-state index contributed by atoms with van der Waals surface area (Å²) in [5, 5.41) is 4.14. The van der Waals surface area contributed by atoms with Gasteiger partial charge in [0.1, 0.15) is 17.1 Å². The fraction of sp³-hybridized carbons (Fsp3) is 0.346. The molecule has 1 aliphatic carbocycles. The van der Waals surface area contributed by atoms with E-state index >= 15 is 0 Å². The number of rotatable bonds is 5. The summed E-state index contributed by atoms with van der Waals surface area (Å²) in [5.74, 6) is 1.71. The molecule has 0 saturated carbocycles. The van der Waals surface area contributed by atoms with E-state index in [-0.39, 0.29) is 5.91 Å². The fourth-order valence-electron chi connectivity index (χ4n) is 4.27. The fourth-order valence-corrected chi connectivity index (χ4v) is 4.27. The second-order valence-electron chi connectivity index (χ2n) is 8.12. The van der Waals surface area contributed by atoms with Crippen LogP contribution >= 0.6 is 0 Å². The molecule has 156 valence electrons. The summed E-state index contributed by atoms with van der Waals surface area (Å²) in [6.45, 7) is 8.52. The maximum atomic E-state index is 12.7. The van der Waals surface area contributed by atoms with E-state index in [9.17, 15) is 4.79 Å². The second kappa shape index (κ2) is 8.39. The molecule has 4 heteroatoms. The smallest absolute Gasteiger partial charge is 0.248 e. The van der Waals surface area contributed by atoms with Crippen LogP contribution in [0.2, 0.25) is 0 Å². The number of carbonyl (C=O) groups is 1. The standard InChI is InChI=1S/C26H29NO3/c1-5-29-24-15-25-21(19-8-6-7-9-23(19)30-25)14-20(24)17(3)13-26(28)27-22-11-10-16(2)12-18(22)4/h10-15H,5-9H2,1-4H3,(H,27,28)/b17-13+. The van der Waals surface area contributed by atoms with Gasteiger partial charge in [-0.05, 0) is 70.2 Å². The first-order chi connectivity index (χ1) is 14.5. The van der Waals surface area contributed by atoms with Gasteiger partial charge in [0.05, 0.1) is 6.61 Å². The third kappa shape index (κ3) is 4.00. The van der Waals surface area contributed by atoms with Crippen molar-refractivity contribution in [1.29, 1.82) is 0 Å². The number of carbonyl (C=O) groups excluding carboxylic acids is 1. The predicted molar refractivity (Wildman–Crippen MR) is 122 cm³/mol. The molecule has 2 aromatic carbocycles. The van der Waals surface area contributed by atoms with Gasteiger partial charge in [-0.3, -0.25) is 4.79 Å². The summed E-state index contributed by atoms with van der Waals surface area (Å²) in [7, 11) is 0. The maximum Gasteiger partial charge on any atom is 0.248 e. The van der Waals surface area contributed by atoms with Crippen molar-refractivity contribution in [3.05, 3.63) is 64.4 Å². The lowest BCUT2D eigenvalue weighted by molar-refractivity contribution is -0.111. The molecule has 1 aromatic heterocycles. The number of fused-ring (bicyclic) bond motifs is 3. The highest BCUT2D eigenvalue weighted by Crippen LogP contribution is 2.38. The van der Waals surface area contributed by atoms with Crippen LogP contribution in [0.1, 0.15) is 54.7 Å². The van der Waals surface area contributed by atoms with E-state index in [1.807, 2.05) is 45.9 Å². The molecule has 0 unspecified atom stereocenters. The van der Waals surface area contributed by atoms with Gasteiger partial charge in [0, 0.05) is 40.8 Å². The number of hydrogen-bond acceptors (Lipinski definition) is 3. The SMILES string of the molecule is CCOc1cc2oc3c(c2cc1/C(C)=C/C(=O)Nc1ccc(C)cc1C)CCCC3. The molecule has 30 heavy (non-hydrogen) atoms. The molecule has 1 amide bonds. The molecule has 3 aromatic rings. The van der Waals surface area contributed by atoms with Gasteiger partial charge in [-0.25, -0.2) is 0 Å². The summed E-state index contributed by atoms with van der Waals surface area (Å²) < 4.78 is 12.0. The first-order valence-corrected chi connectivity index (χ1v) is 10.7. The minimum absolute atomic E-state index is 0.142. The summed E-state index contributed by atoms with van der Waals surface area (Å²) in [5.41, 5.74) is 7.06. The zero-order valence-electron chi connectivity index (χ0n) is 18.2. The van der Waals surface area contributed by atoms with E-state index in [4.69, 9.17) is 9.15 Å². The molecule has 1 heterocycles. The van der Waals surface area contributed by atoms with Crippen LogP contribution in [0.25, 0.3) is 16.5 Å². The van der Waals surface area contributed by atoms with Crippen molar-refractivity contribution in [3.63, 3.8) is 0 Å². The van der Waals surface area contributed by atoms with Crippen molar-refractivity contribution < 1.29 is 13.9 Å². The van der Waals surface area contributed by atoms with Crippen LogP contribution in [0.15, 0.2) is 40.8 Å². The number of ether oxygens (including phenoxy) is 1.